The van der Waals surface area contributed by atoms with Crippen LogP contribution in [0.1, 0.15) is 70.1 Å². The number of nitrogens with two attached hydrogens (primary N) is 1. The number of rotatable bonds is 12. The molecule has 1 fully saturated rings. The van der Waals surface area contributed by atoms with E-state index in [9.17, 15) is 13.6 Å². The average molecular weight is 487 g/mol. The molecule has 0 radical (unpaired) electrons. The second-order valence-corrected chi connectivity index (χ2v) is 8.67. The summed E-state index contributed by atoms with van der Waals surface area (Å²) < 4.78 is 31.9. The van der Waals surface area contributed by atoms with Crippen LogP contribution in [-0.4, -0.2) is 39.7 Å². The lowest BCUT2D eigenvalue weighted by atomic mass is 10.0. The van der Waals surface area contributed by atoms with Crippen molar-refractivity contribution in [2.75, 3.05) is 6.54 Å². The van der Waals surface area contributed by atoms with E-state index in [2.05, 4.69) is 16.7 Å². The second kappa shape index (κ2) is 14.3. The zero-order chi connectivity index (χ0) is 25.8. The molecule has 2 N–H and O–H groups in total. The maximum Gasteiger partial charge on any atom is 0.249 e. The Morgan fingerprint density at radius 2 is 2.03 bits per heavy atom. The third-order valence-electron chi connectivity index (χ3n) is 5.43. The van der Waals surface area contributed by atoms with Gasteiger partial charge in [-0.05, 0) is 46.1 Å². The van der Waals surface area contributed by atoms with E-state index >= 15 is 0 Å². The summed E-state index contributed by atoms with van der Waals surface area (Å²) in [4.78, 5) is 19.2. The van der Waals surface area contributed by atoms with E-state index in [0.717, 1.165) is 12.0 Å². The molecule has 1 aromatic rings. The molecule has 2 rings (SSSR count). The highest BCUT2D eigenvalue weighted by Gasteiger charge is 2.34. The van der Waals surface area contributed by atoms with E-state index in [0.29, 0.717) is 31.1 Å². The Kier molecular flexibility index (Phi) is 11.5. The number of hydrogen-bond donors (Lipinski definition) is 1. The predicted molar refractivity (Wildman–Crippen MR) is 135 cm³/mol. The van der Waals surface area contributed by atoms with Crippen molar-refractivity contribution < 1.29 is 18.1 Å². The fraction of sp³-hybridized carbons (Fsp3) is 0.444. The quantitative estimate of drug-likeness (QED) is 0.369. The molecule has 0 aliphatic carbocycles. The predicted octanol–water partition coefficient (Wildman–Crippen LogP) is 5.96. The lowest BCUT2D eigenvalue weighted by molar-refractivity contribution is -0.132. The molecule has 35 heavy (non-hydrogen) atoms. The lowest BCUT2D eigenvalue weighted by Crippen LogP contribution is -2.35. The summed E-state index contributed by atoms with van der Waals surface area (Å²) in [5.74, 6) is -0.230. The van der Waals surface area contributed by atoms with E-state index in [1.807, 2.05) is 19.1 Å². The number of allylic oxidation sites excluding steroid dienone is 10. The summed E-state index contributed by atoms with van der Waals surface area (Å²) in [7, 11) is 0. The Morgan fingerprint density at radius 3 is 2.71 bits per heavy atom. The van der Waals surface area contributed by atoms with Crippen molar-refractivity contribution in [3.8, 4) is 0 Å². The van der Waals surface area contributed by atoms with Gasteiger partial charge < -0.3 is 15.2 Å². The van der Waals surface area contributed by atoms with Gasteiger partial charge in [0.2, 0.25) is 11.8 Å². The molecule has 1 saturated heterocycles. The van der Waals surface area contributed by atoms with Gasteiger partial charge in [-0.1, -0.05) is 65.9 Å². The van der Waals surface area contributed by atoms with E-state index < -0.39 is 18.1 Å². The van der Waals surface area contributed by atoms with Crippen LogP contribution >= 0.6 is 0 Å². The largest absolute Gasteiger partial charge is 0.337 e. The molecule has 1 aromatic heterocycles. The number of aromatic nitrogens is 2. The molecule has 1 aliphatic rings. The SMILES string of the molecule is C=C(/C=C\C=C/C(C)F)CC(N)CC(=O)N1CCCC1c1nc(C(C=C/C=C\C)/C=C(\C)F)no1. The number of carbonyl (C=O) groups excluding carboxylic acids is 1. The molecule has 1 amide bonds. The molecule has 0 aromatic carbocycles. The fourth-order valence-corrected chi connectivity index (χ4v) is 3.83. The second-order valence-electron chi connectivity index (χ2n) is 8.67. The summed E-state index contributed by atoms with van der Waals surface area (Å²) >= 11 is 0. The first-order chi connectivity index (χ1) is 16.7. The Hall–Kier alpha value is -3.13. The first kappa shape index (κ1) is 28.1. The van der Waals surface area contributed by atoms with Crippen molar-refractivity contribution in [3.63, 3.8) is 0 Å². The molecule has 4 atom stereocenters. The van der Waals surface area contributed by atoms with Crippen LogP contribution in [-0.2, 0) is 4.79 Å². The van der Waals surface area contributed by atoms with Crippen molar-refractivity contribution in [1.29, 1.82) is 0 Å². The van der Waals surface area contributed by atoms with Gasteiger partial charge in [0.25, 0.3) is 0 Å². The molecule has 2 heterocycles. The molecule has 1 aliphatic heterocycles. The Labute approximate surface area is 206 Å². The smallest absolute Gasteiger partial charge is 0.249 e. The van der Waals surface area contributed by atoms with Crippen LogP contribution in [0.15, 0.2) is 77.2 Å². The summed E-state index contributed by atoms with van der Waals surface area (Å²) in [6.07, 6.45) is 16.3. The molecular weight excluding hydrogens is 450 g/mol. The van der Waals surface area contributed by atoms with E-state index in [1.54, 1.807) is 35.3 Å². The number of nitrogens with zero attached hydrogens (tertiary/aromatic N) is 3. The lowest BCUT2D eigenvalue weighted by Gasteiger charge is -2.23. The number of hydrogen-bond acceptors (Lipinski definition) is 5. The van der Waals surface area contributed by atoms with Crippen molar-refractivity contribution in [3.05, 3.63) is 84.4 Å². The van der Waals surface area contributed by atoms with Gasteiger partial charge in [0.15, 0.2) is 5.82 Å². The highest BCUT2D eigenvalue weighted by Crippen LogP contribution is 2.33. The van der Waals surface area contributed by atoms with Gasteiger partial charge >= 0.3 is 0 Å². The minimum atomic E-state index is -1.01. The van der Waals surface area contributed by atoms with Crippen LogP contribution in [0.2, 0.25) is 0 Å². The molecule has 0 spiro atoms. The van der Waals surface area contributed by atoms with Crippen LogP contribution in [0.4, 0.5) is 8.78 Å². The van der Waals surface area contributed by atoms with Crippen molar-refractivity contribution >= 4 is 5.91 Å². The van der Waals surface area contributed by atoms with Crippen LogP contribution < -0.4 is 5.73 Å². The number of likely N-dealkylation sites (tertiary alicyclic amines) is 1. The molecule has 4 unspecified atom stereocenters. The Bertz CT molecular complexity index is 987. The van der Waals surface area contributed by atoms with Gasteiger partial charge in [-0.3, -0.25) is 4.79 Å². The highest BCUT2D eigenvalue weighted by atomic mass is 19.1. The number of carbonyl (C=O) groups is 1. The van der Waals surface area contributed by atoms with Gasteiger partial charge in [0, 0.05) is 19.0 Å². The van der Waals surface area contributed by atoms with E-state index in [-0.39, 0.29) is 24.2 Å². The summed E-state index contributed by atoms with van der Waals surface area (Å²) in [6, 6.07) is -0.732. The fourth-order valence-electron chi connectivity index (χ4n) is 3.83. The highest BCUT2D eigenvalue weighted by molar-refractivity contribution is 5.77. The minimum absolute atomic E-state index is 0.0910. The summed E-state index contributed by atoms with van der Waals surface area (Å²) in [6.45, 7) is 9.23. The number of halogens is 2. The van der Waals surface area contributed by atoms with E-state index in [1.165, 1.54) is 26.0 Å². The molecule has 0 saturated carbocycles. The van der Waals surface area contributed by atoms with Gasteiger partial charge in [-0.15, -0.1) is 0 Å². The number of amides is 1. The first-order valence-corrected chi connectivity index (χ1v) is 11.9. The van der Waals surface area contributed by atoms with Crippen molar-refractivity contribution in [2.24, 2.45) is 5.73 Å². The van der Waals surface area contributed by atoms with Crippen molar-refractivity contribution in [2.45, 2.75) is 70.6 Å². The maximum absolute atomic E-state index is 13.6. The zero-order valence-electron chi connectivity index (χ0n) is 20.7. The summed E-state index contributed by atoms with van der Waals surface area (Å²) in [5, 5.41) is 4.05. The third-order valence-corrected chi connectivity index (χ3v) is 5.43. The van der Waals surface area contributed by atoms with Gasteiger partial charge in [0.05, 0.1) is 11.7 Å². The van der Waals surface area contributed by atoms with Crippen molar-refractivity contribution in [1.82, 2.24) is 15.0 Å². The van der Waals surface area contributed by atoms with Crippen LogP contribution in [0.25, 0.3) is 0 Å². The Balaban J connectivity index is 2.02. The normalized spacial score (nSPS) is 20.0. The van der Waals surface area contributed by atoms with Gasteiger partial charge in [-0.2, -0.15) is 4.98 Å². The summed E-state index contributed by atoms with van der Waals surface area (Å²) in [5.41, 5.74) is 6.96. The molecule has 8 heteroatoms. The first-order valence-electron chi connectivity index (χ1n) is 11.9. The molecule has 0 bridgehead atoms. The van der Waals surface area contributed by atoms with Crippen LogP contribution in [0, 0.1) is 0 Å². The van der Waals surface area contributed by atoms with Crippen LogP contribution in [0.3, 0.4) is 0 Å². The van der Waals surface area contributed by atoms with E-state index in [4.69, 9.17) is 10.3 Å². The maximum atomic E-state index is 13.6. The van der Waals surface area contributed by atoms with Crippen LogP contribution in [0.5, 0.6) is 0 Å². The average Bonchev–Trinajstić information content (AvgIpc) is 3.45. The zero-order valence-corrected chi connectivity index (χ0v) is 20.7. The molecule has 190 valence electrons. The van der Waals surface area contributed by atoms with Gasteiger partial charge in [0.1, 0.15) is 12.2 Å². The minimum Gasteiger partial charge on any atom is -0.337 e. The molecule has 6 nitrogen and oxygen atoms in total. The topological polar surface area (TPSA) is 85.3 Å². The molecular formula is C27H36F2N4O2. The number of alkyl halides is 1. The standard InChI is InChI=1S/C27H36F2N4O2/c1-5-6-7-13-22(17-21(4)29)26-31-27(35-32-26)24-14-10-15-33(24)25(34)18-23(30)16-19(2)11-8-9-12-20(3)28/h5-9,11-13,17,20,22-24H,2,10,14-16,18,30H2,1,3-4H3/b6-5-,11-8-,12-9-,13-7?,21-17+. The Morgan fingerprint density at radius 1 is 1.29 bits per heavy atom. The van der Waals surface area contributed by atoms with Gasteiger partial charge in [-0.25, -0.2) is 8.78 Å². The third kappa shape index (κ3) is 9.56. The monoisotopic (exact) mass is 486 g/mol.